The highest BCUT2D eigenvalue weighted by Gasteiger charge is 2.22. The minimum absolute atomic E-state index is 0.0176. The molecule has 4 heteroatoms. The number of aromatic hydroxyl groups is 2. The average Bonchev–Trinajstić information content (AvgIpc) is 2.57. The van der Waals surface area contributed by atoms with Crippen molar-refractivity contribution in [3.05, 3.63) is 60.7 Å². The van der Waals surface area contributed by atoms with E-state index in [-0.39, 0.29) is 22.9 Å². The number of anilines is 2. The van der Waals surface area contributed by atoms with Gasteiger partial charge in [-0.3, -0.25) is 0 Å². The molecule has 3 rings (SSSR count). The van der Waals surface area contributed by atoms with Crippen LogP contribution in [0.15, 0.2) is 60.7 Å². The van der Waals surface area contributed by atoms with Crippen molar-refractivity contribution in [1.29, 1.82) is 0 Å². The van der Waals surface area contributed by atoms with E-state index in [1.165, 1.54) is 0 Å². The van der Waals surface area contributed by atoms with E-state index in [9.17, 15) is 10.2 Å². The second kappa shape index (κ2) is 5.33. The Labute approximate surface area is 128 Å². The van der Waals surface area contributed by atoms with Crippen LogP contribution in [-0.2, 0) is 0 Å². The van der Waals surface area contributed by atoms with Crippen LogP contribution in [0.5, 0.6) is 11.5 Å². The van der Waals surface area contributed by atoms with Gasteiger partial charge in [-0.25, -0.2) is 0 Å². The van der Waals surface area contributed by atoms with E-state index in [0.29, 0.717) is 11.1 Å². The zero-order chi connectivity index (χ0) is 15.7. The van der Waals surface area contributed by atoms with Crippen LogP contribution in [0.1, 0.15) is 0 Å². The second-order valence-corrected chi connectivity index (χ2v) is 5.01. The fraction of sp³-hybridized carbons (Fsp3) is 0. The normalized spacial score (nSPS) is 10.5. The Hall–Kier alpha value is -3.14. The third-order valence-electron chi connectivity index (χ3n) is 3.65. The van der Waals surface area contributed by atoms with Crippen LogP contribution in [-0.4, -0.2) is 10.2 Å². The van der Waals surface area contributed by atoms with Gasteiger partial charge < -0.3 is 21.7 Å². The molecular weight excluding hydrogens is 276 g/mol. The van der Waals surface area contributed by atoms with Crippen molar-refractivity contribution in [1.82, 2.24) is 0 Å². The molecule has 0 aliphatic carbocycles. The Kier molecular flexibility index (Phi) is 3.35. The third-order valence-corrected chi connectivity index (χ3v) is 3.65. The molecule has 0 bridgehead atoms. The lowest BCUT2D eigenvalue weighted by Crippen LogP contribution is -1.99. The number of hydrogen-bond donors (Lipinski definition) is 4. The Morgan fingerprint density at radius 3 is 1.18 bits per heavy atom. The topological polar surface area (TPSA) is 92.5 Å². The smallest absolute Gasteiger partial charge is 0.149 e. The molecule has 0 saturated heterocycles. The van der Waals surface area contributed by atoms with Gasteiger partial charge in [0.2, 0.25) is 0 Å². The van der Waals surface area contributed by atoms with Crippen LogP contribution in [0.2, 0.25) is 0 Å². The van der Waals surface area contributed by atoms with Crippen LogP contribution in [0.4, 0.5) is 11.4 Å². The Morgan fingerprint density at radius 1 is 0.545 bits per heavy atom. The lowest BCUT2D eigenvalue weighted by Gasteiger charge is -2.18. The largest absolute Gasteiger partial charge is 0.505 e. The minimum atomic E-state index is -0.125. The molecule has 0 aromatic heterocycles. The van der Waals surface area contributed by atoms with Crippen molar-refractivity contribution in [2.24, 2.45) is 0 Å². The number of phenols is 2. The lowest BCUT2D eigenvalue weighted by atomic mass is 9.91. The van der Waals surface area contributed by atoms with Crippen molar-refractivity contribution >= 4 is 11.4 Å². The molecule has 0 radical (unpaired) electrons. The van der Waals surface area contributed by atoms with Crippen LogP contribution < -0.4 is 11.5 Å². The van der Waals surface area contributed by atoms with Crippen molar-refractivity contribution < 1.29 is 10.2 Å². The van der Waals surface area contributed by atoms with Crippen molar-refractivity contribution in [3.8, 4) is 33.8 Å². The fourth-order valence-corrected chi connectivity index (χ4v) is 2.53. The van der Waals surface area contributed by atoms with Gasteiger partial charge in [0.05, 0.1) is 0 Å². The summed E-state index contributed by atoms with van der Waals surface area (Å²) in [6, 6.07) is 18.5. The first-order valence-electron chi connectivity index (χ1n) is 6.85. The van der Waals surface area contributed by atoms with Gasteiger partial charge >= 0.3 is 0 Å². The summed E-state index contributed by atoms with van der Waals surface area (Å²) in [6.45, 7) is 0. The van der Waals surface area contributed by atoms with E-state index in [1.54, 1.807) is 0 Å². The number of nitrogen functional groups attached to an aromatic ring is 2. The first-order valence-corrected chi connectivity index (χ1v) is 6.85. The fourth-order valence-electron chi connectivity index (χ4n) is 2.53. The molecule has 6 N–H and O–H groups in total. The van der Waals surface area contributed by atoms with Crippen molar-refractivity contribution in [2.75, 3.05) is 11.5 Å². The quantitative estimate of drug-likeness (QED) is 0.330. The van der Waals surface area contributed by atoms with E-state index >= 15 is 0 Å². The third kappa shape index (κ3) is 2.11. The van der Waals surface area contributed by atoms with Gasteiger partial charge in [0.1, 0.15) is 22.9 Å². The molecule has 22 heavy (non-hydrogen) atoms. The first-order chi connectivity index (χ1) is 10.6. The number of rotatable bonds is 2. The summed E-state index contributed by atoms with van der Waals surface area (Å²) < 4.78 is 0. The monoisotopic (exact) mass is 292 g/mol. The summed E-state index contributed by atoms with van der Waals surface area (Å²) in [5.41, 5.74) is 14.1. The van der Waals surface area contributed by atoms with Gasteiger partial charge in [-0.15, -0.1) is 0 Å². The number of hydrogen-bond acceptors (Lipinski definition) is 4. The average molecular weight is 292 g/mol. The summed E-state index contributed by atoms with van der Waals surface area (Å²) in [5, 5.41) is 21.0. The van der Waals surface area contributed by atoms with Gasteiger partial charge in [0.25, 0.3) is 0 Å². The molecule has 0 fully saturated rings. The van der Waals surface area contributed by atoms with E-state index in [4.69, 9.17) is 11.5 Å². The molecule has 3 aromatic carbocycles. The summed E-state index contributed by atoms with van der Waals surface area (Å²) in [5.74, 6) is -0.249. The minimum Gasteiger partial charge on any atom is -0.505 e. The zero-order valence-corrected chi connectivity index (χ0v) is 11.8. The molecule has 0 spiro atoms. The van der Waals surface area contributed by atoms with Crippen molar-refractivity contribution in [2.45, 2.75) is 0 Å². The molecule has 0 aliphatic rings. The van der Waals surface area contributed by atoms with Gasteiger partial charge in [-0.1, -0.05) is 60.7 Å². The van der Waals surface area contributed by atoms with Crippen LogP contribution in [0.3, 0.4) is 0 Å². The molecule has 110 valence electrons. The summed E-state index contributed by atoms with van der Waals surface area (Å²) >= 11 is 0. The Morgan fingerprint density at radius 2 is 0.864 bits per heavy atom. The van der Waals surface area contributed by atoms with E-state index < -0.39 is 0 Å². The predicted octanol–water partition coefficient (Wildman–Crippen LogP) is 3.60. The predicted molar refractivity (Wildman–Crippen MR) is 89.5 cm³/mol. The number of phenolic OH excluding ortho intramolecular Hbond substituents is 2. The highest BCUT2D eigenvalue weighted by Crippen LogP contribution is 2.51. The maximum Gasteiger partial charge on any atom is 0.149 e. The van der Waals surface area contributed by atoms with Gasteiger partial charge in [-0.2, -0.15) is 0 Å². The highest BCUT2D eigenvalue weighted by atomic mass is 16.3. The zero-order valence-electron chi connectivity index (χ0n) is 11.8. The maximum absolute atomic E-state index is 10.5. The Bertz CT molecular complexity index is 745. The van der Waals surface area contributed by atoms with E-state index in [1.807, 2.05) is 60.7 Å². The summed E-state index contributed by atoms with van der Waals surface area (Å²) in [6.07, 6.45) is 0. The van der Waals surface area contributed by atoms with E-state index in [0.717, 1.165) is 11.1 Å². The number of nitrogens with two attached hydrogens (primary N) is 2. The molecule has 3 aromatic rings. The summed E-state index contributed by atoms with van der Waals surface area (Å²) in [7, 11) is 0. The molecule has 4 nitrogen and oxygen atoms in total. The molecule has 0 saturated carbocycles. The summed E-state index contributed by atoms with van der Waals surface area (Å²) in [4.78, 5) is 0. The number of benzene rings is 3. The Balaban J connectivity index is 2.42. The van der Waals surface area contributed by atoms with Gasteiger partial charge in [0, 0.05) is 11.1 Å². The van der Waals surface area contributed by atoms with Gasteiger partial charge in [0.15, 0.2) is 0 Å². The molecule has 0 amide bonds. The van der Waals surface area contributed by atoms with Gasteiger partial charge in [-0.05, 0) is 11.1 Å². The SMILES string of the molecule is Nc1c(N)c(O)c(-c2ccccc2)c(-c2ccccc2)c1O. The molecular formula is C18H16N2O2. The van der Waals surface area contributed by atoms with Crippen molar-refractivity contribution in [3.63, 3.8) is 0 Å². The standard InChI is InChI=1S/C18H16N2O2/c19-15-16(20)18(22)14(12-9-5-2-6-10-12)13(17(15)21)11-7-3-1-4-8-11/h1-10,21-22H,19-20H2. The highest BCUT2D eigenvalue weighted by molar-refractivity contribution is 6.00. The van der Waals surface area contributed by atoms with Crippen LogP contribution >= 0.6 is 0 Å². The maximum atomic E-state index is 10.5. The van der Waals surface area contributed by atoms with Crippen LogP contribution in [0.25, 0.3) is 22.3 Å². The molecule has 0 heterocycles. The first kappa shape index (κ1) is 13.8. The molecule has 0 unspecified atom stereocenters. The lowest BCUT2D eigenvalue weighted by molar-refractivity contribution is 0.468. The second-order valence-electron chi connectivity index (χ2n) is 5.01. The molecule has 0 aliphatic heterocycles. The van der Waals surface area contributed by atoms with E-state index in [2.05, 4.69) is 0 Å². The molecule has 0 atom stereocenters. The van der Waals surface area contributed by atoms with Crippen LogP contribution in [0, 0.1) is 0 Å².